The van der Waals surface area contributed by atoms with Gasteiger partial charge in [-0.3, -0.25) is 9.54 Å². The molecule has 1 aromatic carbocycles. The summed E-state index contributed by atoms with van der Waals surface area (Å²) in [5.41, 5.74) is 2.80. The molecule has 0 fully saturated rings. The van der Waals surface area contributed by atoms with Crippen molar-refractivity contribution in [1.82, 2.24) is 14.5 Å². The normalized spacial score (nSPS) is 12.4. The Morgan fingerprint density at radius 1 is 1.37 bits per heavy atom. The summed E-state index contributed by atoms with van der Waals surface area (Å²) < 4.78 is 33.2. The quantitative estimate of drug-likeness (QED) is 0.684. The third kappa shape index (κ3) is 1.70. The molecule has 0 aliphatic rings. The van der Waals surface area contributed by atoms with Crippen molar-refractivity contribution < 1.29 is 13.0 Å². The summed E-state index contributed by atoms with van der Waals surface area (Å²) in [4.78, 5) is 8.29. The lowest BCUT2D eigenvalue weighted by atomic mass is 10.1. The number of hydrogen-bond acceptors (Lipinski definition) is 4. The first kappa shape index (κ1) is 12.1. The van der Waals surface area contributed by atoms with Crippen LogP contribution in [0.5, 0.6) is 0 Å². The van der Waals surface area contributed by atoms with Crippen molar-refractivity contribution >= 4 is 32.1 Å². The van der Waals surface area contributed by atoms with Crippen molar-refractivity contribution in [3.8, 4) is 0 Å². The van der Waals surface area contributed by atoms with Crippen molar-refractivity contribution in [2.75, 3.05) is 0 Å². The second-order valence-corrected chi connectivity index (χ2v) is 5.70. The predicted molar refractivity (Wildman–Crippen MR) is 70.6 cm³/mol. The molecule has 0 aliphatic heterocycles. The average Bonchev–Trinajstić information content (AvgIpc) is 2.68. The molecule has 2 aromatic heterocycles. The second kappa shape index (κ2) is 3.75. The minimum atomic E-state index is -4.35. The van der Waals surface area contributed by atoms with Gasteiger partial charge < -0.3 is 4.57 Å². The highest BCUT2D eigenvalue weighted by atomic mass is 32.2. The lowest BCUT2D eigenvalue weighted by Crippen LogP contribution is -2.06. The van der Waals surface area contributed by atoms with Crippen LogP contribution in [0.1, 0.15) is 5.56 Å². The first-order valence-corrected chi connectivity index (χ1v) is 7.02. The van der Waals surface area contributed by atoms with E-state index < -0.39 is 10.1 Å². The molecule has 3 rings (SSSR count). The molecular weight excluding hydrogens is 266 g/mol. The highest BCUT2D eigenvalue weighted by Crippen LogP contribution is 2.28. The summed E-state index contributed by atoms with van der Waals surface area (Å²) in [5, 5.41) is 0.399. The predicted octanol–water partition coefficient (Wildman–Crippen LogP) is 1.68. The van der Waals surface area contributed by atoms with Gasteiger partial charge in [0, 0.05) is 18.6 Å². The van der Waals surface area contributed by atoms with Crippen LogP contribution in [-0.4, -0.2) is 27.5 Å². The highest BCUT2D eigenvalue weighted by Gasteiger charge is 2.21. The third-order valence-corrected chi connectivity index (χ3v) is 3.93. The maximum Gasteiger partial charge on any atom is 0.328 e. The van der Waals surface area contributed by atoms with E-state index in [0.29, 0.717) is 11.0 Å². The molecule has 0 unspecified atom stereocenters. The molecule has 1 N–H and O–H groups in total. The van der Waals surface area contributed by atoms with Gasteiger partial charge in [0.05, 0.1) is 16.6 Å². The van der Waals surface area contributed by atoms with E-state index in [-0.39, 0.29) is 5.16 Å². The summed E-state index contributed by atoms with van der Waals surface area (Å²) in [6, 6.07) is 5.46. The number of hydrogen-bond donors (Lipinski definition) is 1. The van der Waals surface area contributed by atoms with Crippen LogP contribution in [0.4, 0.5) is 0 Å². The average molecular weight is 277 g/mol. The van der Waals surface area contributed by atoms with Gasteiger partial charge in [0.25, 0.3) is 5.16 Å². The lowest BCUT2D eigenvalue weighted by Gasteiger charge is -2.03. The number of pyridine rings is 1. The molecule has 7 heteroatoms. The fraction of sp³-hybridized carbons (Fsp3) is 0.167. The first-order chi connectivity index (χ1) is 8.89. The Morgan fingerprint density at radius 3 is 2.79 bits per heavy atom. The minimum Gasteiger partial charge on any atom is -0.316 e. The van der Waals surface area contributed by atoms with Gasteiger partial charge in [-0.05, 0) is 30.7 Å². The number of rotatable bonds is 1. The molecule has 3 aromatic rings. The van der Waals surface area contributed by atoms with E-state index in [9.17, 15) is 13.0 Å². The summed E-state index contributed by atoms with van der Waals surface area (Å²) in [5.74, 6) is 0. The van der Waals surface area contributed by atoms with Crippen molar-refractivity contribution in [2.24, 2.45) is 7.05 Å². The molecule has 2 heterocycles. The molecule has 0 bridgehead atoms. The topological polar surface area (TPSA) is 85.1 Å². The number of benzene rings is 1. The number of fused-ring (bicyclic) bond motifs is 3. The molecule has 0 saturated heterocycles. The zero-order valence-electron chi connectivity index (χ0n) is 10.3. The van der Waals surface area contributed by atoms with Crippen LogP contribution in [0, 0.1) is 6.92 Å². The maximum atomic E-state index is 11.3. The third-order valence-electron chi connectivity index (χ3n) is 3.11. The summed E-state index contributed by atoms with van der Waals surface area (Å²) >= 11 is 0. The van der Waals surface area contributed by atoms with E-state index in [1.54, 1.807) is 19.3 Å². The maximum absolute atomic E-state index is 11.3. The van der Waals surface area contributed by atoms with Crippen LogP contribution in [0.25, 0.3) is 21.9 Å². The van der Waals surface area contributed by atoms with Gasteiger partial charge in [-0.25, -0.2) is 4.98 Å². The van der Waals surface area contributed by atoms with Crippen LogP contribution in [0.15, 0.2) is 29.6 Å². The van der Waals surface area contributed by atoms with Gasteiger partial charge in [-0.2, -0.15) is 8.42 Å². The number of imidazole rings is 1. The molecule has 0 amide bonds. The molecule has 0 aliphatic carbocycles. The fourth-order valence-electron chi connectivity index (χ4n) is 2.35. The van der Waals surface area contributed by atoms with Gasteiger partial charge in [0.15, 0.2) is 0 Å². The zero-order valence-corrected chi connectivity index (χ0v) is 11.1. The van der Waals surface area contributed by atoms with E-state index in [0.717, 1.165) is 16.5 Å². The molecule has 0 atom stereocenters. The monoisotopic (exact) mass is 277 g/mol. The van der Waals surface area contributed by atoms with Crippen LogP contribution >= 0.6 is 0 Å². The molecule has 0 spiro atoms. The van der Waals surface area contributed by atoms with E-state index in [1.165, 1.54) is 4.57 Å². The van der Waals surface area contributed by atoms with Crippen LogP contribution in [0.2, 0.25) is 0 Å². The van der Waals surface area contributed by atoms with Crippen LogP contribution in [0.3, 0.4) is 0 Å². The standard InChI is InChI=1S/C12H11N3O3S/c1-7-6-9-8(4-3-5-13-9)10-11(7)15(2)12(14-10)19(16,17)18/h3-6H,1-2H3,(H,16,17,18). The Hall–Kier alpha value is -1.99. The molecule has 0 radical (unpaired) electrons. The second-order valence-electron chi connectivity index (χ2n) is 4.39. The summed E-state index contributed by atoms with van der Waals surface area (Å²) in [7, 11) is -2.79. The Balaban J connectivity index is 2.60. The van der Waals surface area contributed by atoms with Gasteiger partial charge in [-0.1, -0.05) is 0 Å². The van der Waals surface area contributed by atoms with Gasteiger partial charge >= 0.3 is 10.1 Å². The van der Waals surface area contributed by atoms with Crippen LogP contribution in [-0.2, 0) is 17.2 Å². The van der Waals surface area contributed by atoms with E-state index in [2.05, 4.69) is 9.97 Å². The summed E-state index contributed by atoms with van der Waals surface area (Å²) in [6.45, 7) is 1.85. The highest BCUT2D eigenvalue weighted by molar-refractivity contribution is 7.85. The number of aromatic nitrogens is 3. The summed E-state index contributed by atoms with van der Waals surface area (Å²) in [6.07, 6.45) is 1.67. The fourth-order valence-corrected chi connectivity index (χ4v) is 3.00. The lowest BCUT2D eigenvalue weighted by molar-refractivity contribution is 0.470. The molecule has 0 saturated carbocycles. The Morgan fingerprint density at radius 2 is 2.11 bits per heavy atom. The molecular formula is C12H11N3O3S. The minimum absolute atomic E-state index is 0.359. The van der Waals surface area contributed by atoms with Crippen molar-refractivity contribution in [3.63, 3.8) is 0 Å². The number of aryl methyl sites for hydroxylation is 2. The Labute approximate surface area is 109 Å². The van der Waals surface area contributed by atoms with E-state index >= 15 is 0 Å². The number of nitrogens with zero attached hydrogens (tertiary/aromatic N) is 3. The van der Waals surface area contributed by atoms with Crippen LogP contribution < -0.4 is 0 Å². The Bertz CT molecular complexity index is 913. The van der Waals surface area contributed by atoms with E-state index in [1.807, 2.05) is 19.1 Å². The smallest absolute Gasteiger partial charge is 0.316 e. The van der Waals surface area contributed by atoms with Crippen molar-refractivity contribution in [3.05, 3.63) is 30.0 Å². The Kier molecular flexibility index (Phi) is 2.38. The zero-order chi connectivity index (χ0) is 13.8. The van der Waals surface area contributed by atoms with Gasteiger partial charge in [-0.15, -0.1) is 0 Å². The largest absolute Gasteiger partial charge is 0.328 e. The molecule has 6 nitrogen and oxygen atoms in total. The van der Waals surface area contributed by atoms with Gasteiger partial charge in [0.1, 0.15) is 0 Å². The first-order valence-electron chi connectivity index (χ1n) is 5.58. The van der Waals surface area contributed by atoms with Gasteiger partial charge in [0.2, 0.25) is 0 Å². The SMILES string of the molecule is Cc1cc2ncccc2c2nc(S(=O)(=O)O)n(C)c12. The van der Waals surface area contributed by atoms with E-state index in [4.69, 9.17) is 0 Å². The molecule has 98 valence electrons. The van der Waals surface area contributed by atoms with Crippen molar-refractivity contribution in [1.29, 1.82) is 0 Å². The molecule has 19 heavy (non-hydrogen) atoms. The van der Waals surface area contributed by atoms with Crippen molar-refractivity contribution in [2.45, 2.75) is 12.1 Å².